The number of carbonyl (C=O) groups excluding carboxylic acids is 1. The molecule has 4 rings (SSSR count). The van der Waals surface area contributed by atoms with E-state index in [9.17, 15) is 9.90 Å². The summed E-state index contributed by atoms with van der Waals surface area (Å²) >= 11 is 3.11. The summed E-state index contributed by atoms with van der Waals surface area (Å²) < 4.78 is 1.68. The number of aryl methyl sites for hydroxylation is 1. The fourth-order valence-electron chi connectivity index (χ4n) is 2.76. The van der Waals surface area contributed by atoms with Crippen LogP contribution >= 0.6 is 22.7 Å². The Morgan fingerprint density at radius 2 is 2.00 bits per heavy atom. The molecule has 1 amide bonds. The molecule has 0 fully saturated rings. The second kappa shape index (κ2) is 4.66. The summed E-state index contributed by atoms with van der Waals surface area (Å²) in [5.74, 6) is -0.190. The molecule has 22 heavy (non-hydrogen) atoms. The number of nitrogens with zero attached hydrogens (tertiary/aromatic N) is 2. The minimum Gasteiger partial charge on any atom is -0.494 e. The molecule has 1 aliphatic rings. The lowest BCUT2D eigenvalue weighted by Gasteiger charge is -2.03. The van der Waals surface area contributed by atoms with Crippen molar-refractivity contribution in [2.24, 2.45) is 12.0 Å². The molecule has 0 aromatic carbocycles. The Balaban J connectivity index is 1.99. The van der Waals surface area contributed by atoms with Crippen molar-refractivity contribution in [2.45, 2.75) is 6.92 Å². The van der Waals surface area contributed by atoms with Crippen LogP contribution in [-0.4, -0.2) is 21.3 Å². The zero-order valence-corrected chi connectivity index (χ0v) is 13.6. The lowest BCUT2D eigenvalue weighted by atomic mass is 10.1. The Morgan fingerprint density at radius 1 is 1.18 bits per heavy atom. The third-order valence-corrected chi connectivity index (χ3v) is 5.64. The zero-order valence-electron chi connectivity index (χ0n) is 12.0. The Labute approximate surface area is 135 Å². The van der Waals surface area contributed by atoms with Crippen LogP contribution in [0.4, 0.5) is 0 Å². The van der Waals surface area contributed by atoms with Crippen LogP contribution in [0.15, 0.2) is 34.6 Å². The van der Waals surface area contributed by atoms with Crippen LogP contribution in [0.1, 0.15) is 25.7 Å². The Morgan fingerprint density at radius 3 is 2.64 bits per heavy atom. The molecule has 4 nitrogen and oxygen atoms in total. The van der Waals surface area contributed by atoms with Gasteiger partial charge in [0.15, 0.2) is 0 Å². The number of aliphatic imine (C=N–C) groups is 1. The highest BCUT2D eigenvalue weighted by molar-refractivity contribution is 7.15. The second-order valence-electron chi connectivity index (χ2n) is 5.13. The van der Waals surface area contributed by atoms with Crippen molar-refractivity contribution in [1.82, 2.24) is 4.57 Å². The minimum atomic E-state index is -0.282. The standard InChI is InChI=1S/C16H12N2O2S2/c1-8-5-6-10(22-8)14-12-11(16(20)18(14)2)13(17-15(12)19)9-4-3-7-21-9/h3-7,20H,1-2H3. The van der Waals surface area contributed by atoms with Gasteiger partial charge in [0.25, 0.3) is 5.91 Å². The topological polar surface area (TPSA) is 54.6 Å². The molecule has 0 atom stereocenters. The first-order valence-corrected chi connectivity index (χ1v) is 8.43. The molecule has 0 aliphatic carbocycles. The molecule has 0 radical (unpaired) electrons. The van der Waals surface area contributed by atoms with E-state index in [2.05, 4.69) is 4.99 Å². The fourth-order valence-corrected chi connectivity index (χ4v) is 4.43. The van der Waals surface area contributed by atoms with Crippen molar-refractivity contribution in [3.8, 4) is 16.5 Å². The van der Waals surface area contributed by atoms with Crippen LogP contribution in [0.2, 0.25) is 0 Å². The molecule has 4 heterocycles. The highest BCUT2D eigenvalue weighted by Gasteiger charge is 2.35. The van der Waals surface area contributed by atoms with Crippen molar-refractivity contribution < 1.29 is 9.90 Å². The predicted molar refractivity (Wildman–Crippen MR) is 89.4 cm³/mol. The van der Waals surface area contributed by atoms with Gasteiger partial charge in [0.05, 0.1) is 32.3 Å². The van der Waals surface area contributed by atoms with Crippen molar-refractivity contribution >= 4 is 34.3 Å². The maximum Gasteiger partial charge on any atom is 0.280 e. The third kappa shape index (κ3) is 1.74. The lowest BCUT2D eigenvalue weighted by molar-refractivity contribution is 0.101. The average Bonchev–Trinajstić information content (AvgIpc) is 3.22. The van der Waals surface area contributed by atoms with Crippen LogP contribution in [0.25, 0.3) is 10.6 Å². The third-order valence-electron chi connectivity index (χ3n) is 3.76. The van der Waals surface area contributed by atoms with Crippen molar-refractivity contribution in [3.63, 3.8) is 0 Å². The molecule has 110 valence electrons. The fraction of sp³-hybridized carbons (Fsp3) is 0.125. The summed E-state index contributed by atoms with van der Waals surface area (Å²) in [6.45, 7) is 2.02. The van der Waals surface area contributed by atoms with Gasteiger partial charge in [-0.3, -0.25) is 4.79 Å². The molecule has 1 N–H and O–H groups in total. The van der Waals surface area contributed by atoms with Gasteiger partial charge in [-0.15, -0.1) is 22.7 Å². The van der Waals surface area contributed by atoms with Crippen molar-refractivity contribution in [3.05, 3.63) is 50.5 Å². The van der Waals surface area contributed by atoms with Gasteiger partial charge in [-0.25, -0.2) is 4.99 Å². The molecule has 0 unspecified atom stereocenters. The van der Waals surface area contributed by atoms with E-state index < -0.39 is 0 Å². The number of thiophene rings is 2. The number of hydrogen-bond donors (Lipinski definition) is 1. The first-order chi connectivity index (χ1) is 10.6. The molecule has 0 saturated carbocycles. The van der Waals surface area contributed by atoms with E-state index in [0.717, 1.165) is 20.3 Å². The summed E-state index contributed by atoms with van der Waals surface area (Å²) in [7, 11) is 1.78. The number of amides is 1. The van der Waals surface area contributed by atoms with Crippen LogP contribution in [0, 0.1) is 6.92 Å². The Kier molecular flexibility index (Phi) is 2.85. The average molecular weight is 328 g/mol. The van der Waals surface area contributed by atoms with E-state index in [4.69, 9.17) is 0 Å². The highest BCUT2D eigenvalue weighted by atomic mass is 32.1. The number of aromatic hydroxyl groups is 1. The number of hydrogen-bond acceptors (Lipinski definition) is 4. The largest absolute Gasteiger partial charge is 0.494 e. The van der Waals surface area contributed by atoms with Crippen molar-refractivity contribution in [2.75, 3.05) is 0 Å². The molecule has 0 bridgehead atoms. The van der Waals surface area contributed by atoms with E-state index in [1.54, 1.807) is 23.0 Å². The van der Waals surface area contributed by atoms with Gasteiger partial charge in [-0.1, -0.05) is 6.07 Å². The first kappa shape index (κ1) is 13.5. The smallest absolute Gasteiger partial charge is 0.280 e. The molecular weight excluding hydrogens is 316 g/mol. The molecular formula is C16H12N2O2S2. The van der Waals surface area contributed by atoms with Gasteiger partial charge in [0.2, 0.25) is 5.88 Å². The van der Waals surface area contributed by atoms with Gasteiger partial charge >= 0.3 is 0 Å². The molecule has 1 aliphatic heterocycles. The van der Waals surface area contributed by atoms with Crippen LogP contribution < -0.4 is 0 Å². The number of aromatic nitrogens is 1. The van der Waals surface area contributed by atoms with Gasteiger partial charge < -0.3 is 9.67 Å². The second-order valence-corrected chi connectivity index (χ2v) is 7.37. The minimum absolute atomic E-state index is 0.0917. The zero-order chi connectivity index (χ0) is 15.4. The number of fused-ring (bicyclic) bond motifs is 1. The lowest BCUT2D eigenvalue weighted by Crippen LogP contribution is -1.98. The quantitative estimate of drug-likeness (QED) is 0.777. The van der Waals surface area contributed by atoms with E-state index in [1.807, 2.05) is 36.6 Å². The molecule has 3 aromatic rings. The molecule has 3 aromatic heterocycles. The van der Waals surface area contributed by atoms with E-state index in [1.165, 1.54) is 11.3 Å². The molecule has 6 heteroatoms. The van der Waals surface area contributed by atoms with Crippen molar-refractivity contribution in [1.29, 1.82) is 0 Å². The summed E-state index contributed by atoms with van der Waals surface area (Å²) in [4.78, 5) is 19.6. The normalized spacial score (nSPS) is 13.5. The van der Waals surface area contributed by atoms with E-state index in [-0.39, 0.29) is 11.8 Å². The van der Waals surface area contributed by atoms with Crippen LogP contribution in [0.5, 0.6) is 5.88 Å². The number of carbonyl (C=O) groups is 1. The van der Waals surface area contributed by atoms with Gasteiger partial charge in [0, 0.05) is 11.9 Å². The Bertz CT molecular complexity index is 930. The summed E-state index contributed by atoms with van der Waals surface area (Å²) in [6, 6.07) is 7.81. The van der Waals surface area contributed by atoms with Gasteiger partial charge in [-0.2, -0.15) is 0 Å². The number of rotatable bonds is 2. The van der Waals surface area contributed by atoms with Crippen LogP contribution in [-0.2, 0) is 7.05 Å². The van der Waals surface area contributed by atoms with E-state index >= 15 is 0 Å². The summed E-state index contributed by atoms with van der Waals surface area (Å²) in [5.41, 5.74) is 2.37. The molecule has 0 saturated heterocycles. The summed E-state index contributed by atoms with van der Waals surface area (Å²) in [6.07, 6.45) is 0. The van der Waals surface area contributed by atoms with E-state index in [0.29, 0.717) is 16.8 Å². The summed E-state index contributed by atoms with van der Waals surface area (Å²) in [5, 5.41) is 12.5. The first-order valence-electron chi connectivity index (χ1n) is 6.73. The molecule has 0 spiro atoms. The van der Waals surface area contributed by atoms with Crippen LogP contribution in [0.3, 0.4) is 0 Å². The van der Waals surface area contributed by atoms with Gasteiger partial charge in [0.1, 0.15) is 0 Å². The monoisotopic (exact) mass is 328 g/mol. The Hall–Kier alpha value is -2.18. The van der Waals surface area contributed by atoms with Gasteiger partial charge in [-0.05, 0) is 30.5 Å². The predicted octanol–water partition coefficient (Wildman–Crippen LogP) is 3.82. The maximum absolute atomic E-state index is 12.4. The maximum atomic E-state index is 12.4. The highest BCUT2D eigenvalue weighted by Crippen LogP contribution is 2.42. The SMILES string of the molecule is Cc1ccc(-c2c3c(c(O)n2C)C(c2cccs2)=NC3=O)s1.